The maximum atomic E-state index is 6.50. The van der Waals surface area contributed by atoms with Crippen molar-refractivity contribution in [1.29, 1.82) is 0 Å². The normalized spacial score (nSPS) is 10.1. The summed E-state index contributed by atoms with van der Waals surface area (Å²) in [5.74, 6) is 0. The SMILES string of the molecule is Clc1c(CNc2ccccc2)cccc1NNc1ccccc1. The Morgan fingerprint density at radius 1 is 0.652 bits per heavy atom. The molecule has 23 heavy (non-hydrogen) atoms. The molecule has 0 saturated heterocycles. The number of anilines is 3. The summed E-state index contributed by atoms with van der Waals surface area (Å²) >= 11 is 6.50. The van der Waals surface area contributed by atoms with Crippen molar-refractivity contribution >= 4 is 28.7 Å². The van der Waals surface area contributed by atoms with Crippen molar-refractivity contribution < 1.29 is 0 Å². The van der Waals surface area contributed by atoms with E-state index in [2.05, 4.69) is 16.2 Å². The lowest BCUT2D eigenvalue weighted by molar-refractivity contribution is 1.15. The zero-order chi connectivity index (χ0) is 15.9. The van der Waals surface area contributed by atoms with E-state index in [9.17, 15) is 0 Å². The molecule has 0 unspecified atom stereocenters. The van der Waals surface area contributed by atoms with Gasteiger partial charge >= 0.3 is 0 Å². The van der Waals surface area contributed by atoms with Gasteiger partial charge < -0.3 is 10.7 Å². The molecule has 3 nitrogen and oxygen atoms in total. The molecule has 0 spiro atoms. The minimum Gasteiger partial charge on any atom is -0.381 e. The van der Waals surface area contributed by atoms with E-state index in [1.807, 2.05) is 78.9 Å². The standard InChI is InChI=1S/C19H18ClN3/c20-19-15(14-21-16-9-3-1-4-10-16)8-7-13-18(19)23-22-17-11-5-2-6-12-17/h1-13,21-23H,14H2. The summed E-state index contributed by atoms with van der Waals surface area (Å²) in [6, 6.07) is 25.9. The van der Waals surface area contributed by atoms with Crippen LogP contribution in [0.5, 0.6) is 0 Å². The second-order valence-corrected chi connectivity index (χ2v) is 5.49. The number of halogens is 1. The van der Waals surface area contributed by atoms with Gasteiger partial charge in [0.15, 0.2) is 0 Å². The highest BCUT2D eigenvalue weighted by atomic mass is 35.5. The molecule has 3 N–H and O–H groups in total. The predicted octanol–water partition coefficient (Wildman–Crippen LogP) is 5.39. The molecule has 3 aromatic carbocycles. The largest absolute Gasteiger partial charge is 0.381 e. The van der Waals surface area contributed by atoms with E-state index in [0.29, 0.717) is 11.6 Å². The molecular weight excluding hydrogens is 306 g/mol. The van der Waals surface area contributed by atoms with Gasteiger partial charge in [0, 0.05) is 12.2 Å². The van der Waals surface area contributed by atoms with Gasteiger partial charge in [-0.15, -0.1) is 0 Å². The second-order valence-electron chi connectivity index (χ2n) is 5.11. The first kappa shape index (κ1) is 15.3. The van der Waals surface area contributed by atoms with E-state index in [4.69, 9.17) is 11.6 Å². The Labute approximate surface area is 141 Å². The summed E-state index contributed by atoms with van der Waals surface area (Å²) in [6.45, 7) is 0.670. The number of hydrazine groups is 1. The fourth-order valence-corrected chi connectivity index (χ4v) is 2.47. The molecular formula is C19H18ClN3. The monoisotopic (exact) mass is 323 g/mol. The van der Waals surface area contributed by atoms with Gasteiger partial charge in [-0.1, -0.05) is 60.1 Å². The third-order valence-electron chi connectivity index (χ3n) is 3.45. The van der Waals surface area contributed by atoms with E-state index in [1.54, 1.807) is 0 Å². The number of para-hydroxylation sites is 2. The molecule has 0 fully saturated rings. The molecule has 0 aromatic heterocycles. The molecule has 3 aromatic rings. The second kappa shape index (κ2) is 7.56. The van der Waals surface area contributed by atoms with Crippen LogP contribution in [0.2, 0.25) is 5.02 Å². The number of hydrogen-bond donors (Lipinski definition) is 3. The van der Waals surface area contributed by atoms with Crippen LogP contribution >= 0.6 is 11.6 Å². The van der Waals surface area contributed by atoms with Crippen molar-refractivity contribution in [1.82, 2.24) is 0 Å². The van der Waals surface area contributed by atoms with E-state index >= 15 is 0 Å². The molecule has 0 atom stereocenters. The molecule has 0 amide bonds. The lowest BCUT2D eigenvalue weighted by Crippen LogP contribution is -2.10. The van der Waals surface area contributed by atoms with Crippen molar-refractivity contribution in [3.05, 3.63) is 89.4 Å². The first-order valence-corrected chi connectivity index (χ1v) is 7.84. The predicted molar refractivity (Wildman–Crippen MR) is 98.9 cm³/mol. The topological polar surface area (TPSA) is 36.1 Å². The summed E-state index contributed by atoms with van der Waals surface area (Å²) in [5.41, 5.74) is 10.2. The highest BCUT2D eigenvalue weighted by Crippen LogP contribution is 2.26. The van der Waals surface area contributed by atoms with Crippen LogP contribution in [-0.4, -0.2) is 0 Å². The van der Waals surface area contributed by atoms with Gasteiger partial charge in [-0.05, 0) is 35.9 Å². The van der Waals surface area contributed by atoms with E-state index in [-0.39, 0.29) is 0 Å². The highest BCUT2D eigenvalue weighted by Gasteiger charge is 2.05. The molecule has 0 radical (unpaired) electrons. The number of rotatable bonds is 6. The summed E-state index contributed by atoms with van der Waals surface area (Å²) in [5, 5.41) is 4.08. The van der Waals surface area contributed by atoms with Crippen LogP contribution in [0.3, 0.4) is 0 Å². The number of benzene rings is 3. The third-order valence-corrected chi connectivity index (χ3v) is 3.90. The van der Waals surface area contributed by atoms with E-state index < -0.39 is 0 Å². The quantitative estimate of drug-likeness (QED) is 0.532. The van der Waals surface area contributed by atoms with Crippen LogP contribution in [0, 0.1) is 0 Å². The van der Waals surface area contributed by atoms with Crippen LogP contribution in [0.25, 0.3) is 0 Å². The van der Waals surface area contributed by atoms with E-state index in [1.165, 1.54) is 0 Å². The Bertz CT molecular complexity index is 683. The average Bonchev–Trinajstić information content (AvgIpc) is 2.61. The third kappa shape index (κ3) is 4.18. The van der Waals surface area contributed by atoms with Gasteiger partial charge in [-0.25, -0.2) is 0 Å². The maximum absolute atomic E-state index is 6.50. The molecule has 0 heterocycles. The molecule has 0 bridgehead atoms. The molecule has 0 saturated carbocycles. The van der Waals surface area contributed by atoms with E-state index in [0.717, 1.165) is 22.6 Å². The number of hydrogen-bond acceptors (Lipinski definition) is 3. The van der Waals surface area contributed by atoms with Gasteiger partial charge in [0.25, 0.3) is 0 Å². The van der Waals surface area contributed by atoms with Gasteiger partial charge in [0.05, 0.1) is 16.4 Å². The van der Waals surface area contributed by atoms with Crippen molar-refractivity contribution in [3.63, 3.8) is 0 Å². The molecule has 0 aliphatic heterocycles. The molecule has 4 heteroatoms. The van der Waals surface area contributed by atoms with Crippen LogP contribution in [0.1, 0.15) is 5.56 Å². The van der Waals surface area contributed by atoms with Crippen molar-refractivity contribution in [2.75, 3.05) is 16.2 Å². The lowest BCUT2D eigenvalue weighted by Gasteiger charge is -2.14. The van der Waals surface area contributed by atoms with Crippen LogP contribution < -0.4 is 16.2 Å². The molecule has 116 valence electrons. The van der Waals surface area contributed by atoms with Gasteiger partial charge in [0.1, 0.15) is 0 Å². The minimum atomic E-state index is 0.670. The van der Waals surface area contributed by atoms with Crippen molar-refractivity contribution in [2.24, 2.45) is 0 Å². The molecule has 0 aliphatic carbocycles. The van der Waals surface area contributed by atoms with Crippen LogP contribution in [-0.2, 0) is 6.54 Å². The summed E-state index contributed by atoms with van der Waals surface area (Å²) in [7, 11) is 0. The number of nitrogens with one attached hydrogen (secondary N) is 3. The maximum Gasteiger partial charge on any atom is 0.0729 e. The van der Waals surface area contributed by atoms with Crippen molar-refractivity contribution in [3.8, 4) is 0 Å². The Balaban J connectivity index is 1.66. The van der Waals surface area contributed by atoms with Crippen LogP contribution in [0.4, 0.5) is 17.1 Å². The Morgan fingerprint density at radius 2 is 1.30 bits per heavy atom. The Kier molecular flexibility index (Phi) is 5.02. The Morgan fingerprint density at radius 3 is 2.00 bits per heavy atom. The summed E-state index contributed by atoms with van der Waals surface area (Å²) in [6.07, 6.45) is 0. The molecule has 3 rings (SSSR count). The zero-order valence-electron chi connectivity index (χ0n) is 12.6. The van der Waals surface area contributed by atoms with Crippen molar-refractivity contribution in [2.45, 2.75) is 6.54 Å². The first-order valence-electron chi connectivity index (χ1n) is 7.46. The van der Waals surface area contributed by atoms with Crippen LogP contribution in [0.15, 0.2) is 78.9 Å². The Hall–Kier alpha value is -2.65. The molecule has 0 aliphatic rings. The smallest absolute Gasteiger partial charge is 0.0729 e. The summed E-state index contributed by atoms with van der Waals surface area (Å²) in [4.78, 5) is 0. The average molecular weight is 324 g/mol. The summed E-state index contributed by atoms with van der Waals surface area (Å²) < 4.78 is 0. The zero-order valence-corrected chi connectivity index (χ0v) is 13.3. The minimum absolute atomic E-state index is 0.670. The fourth-order valence-electron chi connectivity index (χ4n) is 2.23. The van der Waals surface area contributed by atoms with Gasteiger partial charge in [-0.2, -0.15) is 0 Å². The highest BCUT2D eigenvalue weighted by molar-refractivity contribution is 6.34. The lowest BCUT2D eigenvalue weighted by atomic mass is 10.2. The van der Waals surface area contributed by atoms with Gasteiger partial charge in [-0.3, -0.25) is 5.43 Å². The fraction of sp³-hybridized carbons (Fsp3) is 0.0526. The first-order chi connectivity index (χ1) is 11.3. The van der Waals surface area contributed by atoms with Gasteiger partial charge in [0.2, 0.25) is 0 Å².